The van der Waals surface area contributed by atoms with E-state index in [0.29, 0.717) is 35.3 Å². The number of unbranched alkanes of at least 4 members (excludes halogenated alkanes) is 8. The lowest BCUT2D eigenvalue weighted by Gasteiger charge is -2.21. The third-order valence-corrected chi connectivity index (χ3v) is 7.03. The van der Waals surface area contributed by atoms with Gasteiger partial charge in [-0.1, -0.05) is 82.5 Å². The fourth-order valence-corrected chi connectivity index (χ4v) is 4.73. The molecule has 3 aromatic rings. The van der Waals surface area contributed by atoms with Gasteiger partial charge in [0.05, 0.1) is 6.54 Å². The predicted octanol–water partition coefficient (Wildman–Crippen LogP) is 6.94. The minimum Gasteiger partial charge on any atom is -0.474 e. The van der Waals surface area contributed by atoms with Gasteiger partial charge < -0.3 is 19.1 Å². The smallest absolute Gasteiger partial charge is 0.394 e. The summed E-state index contributed by atoms with van der Waals surface area (Å²) < 4.78 is 16.9. The normalized spacial score (nSPS) is 13.9. The van der Waals surface area contributed by atoms with Gasteiger partial charge >= 0.3 is 11.9 Å². The second-order valence-corrected chi connectivity index (χ2v) is 10.2. The lowest BCUT2D eigenvalue weighted by molar-refractivity contribution is -0.148. The Labute approximate surface area is 235 Å². The third kappa shape index (κ3) is 7.83. The number of hydrogen-bond acceptors (Lipinski definition) is 7. The Hall–Kier alpha value is -3.88. The van der Waals surface area contributed by atoms with Gasteiger partial charge in [0.15, 0.2) is 17.3 Å². The van der Waals surface area contributed by atoms with Crippen molar-refractivity contribution in [3.63, 3.8) is 0 Å². The minimum atomic E-state index is -1.54. The highest BCUT2D eigenvalue weighted by Gasteiger charge is 2.27. The standard InChI is InChI=1S/C31H39N3O6/c1-3-5-6-7-8-9-10-11-12-13-27-32-29(40-33-27)23-16-14-22(15-17-23)21-34(30(35)31(36)37)24-18-19-25-26(20-24)39-28(4-2)38-25/h14-20,28H,3-13,21H2,1-2H3,(H,36,37). The highest BCUT2D eigenvalue weighted by Crippen LogP contribution is 2.39. The van der Waals surface area contributed by atoms with Crippen LogP contribution in [-0.4, -0.2) is 33.4 Å². The molecule has 1 atom stereocenters. The zero-order valence-corrected chi connectivity index (χ0v) is 23.4. The molecule has 4 rings (SSSR count). The van der Waals surface area contributed by atoms with Crippen molar-refractivity contribution in [1.29, 1.82) is 0 Å². The van der Waals surface area contributed by atoms with Crippen LogP contribution in [0, 0.1) is 0 Å². The van der Waals surface area contributed by atoms with Crippen LogP contribution in [0.5, 0.6) is 11.5 Å². The van der Waals surface area contributed by atoms with E-state index in [1.807, 2.05) is 31.2 Å². The molecule has 0 aliphatic carbocycles. The summed E-state index contributed by atoms with van der Waals surface area (Å²) in [6.45, 7) is 4.24. The van der Waals surface area contributed by atoms with Crippen LogP contribution in [0.4, 0.5) is 5.69 Å². The first kappa shape index (κ1) is 29.1. The molecule has 0 saturated heterocycles. The molecular weight excluding hydrogens is 510 g/mol. The largest absolute Gasteiger partial charge is 0.474 e. The number of rotatable bonds is 15. The summed E-state index contributed by atoms with van der Waals surface area (Å²) in [6.07, 6.45) is 12.4. The number of carbonyl (C=O) groups is 2. The molecule has 9 heteroatoms. The fourth-order valence-electron chi connectivity index (χ4n) is 4.73. The molecule has 1 unspecified atom stereocenters. The van der Waals surface area contributed by atoms with E-state index >= 15 is 0 Å². The van der Waals surface area contributed by atoms with E-state index in [9.17, 15) is 14.7 Å². The zero-order valence-electron chi connectivity index (χ0n) is 23.4. The van der Waals surface area contributed by atoms with Crippen LogP contribution >= 0.6 is 0 Å². The molecule has 0 fully saturated rings. The van der Waals surface area contributed by atoms with Gasteiger partial charge in [-0.25, -0.2) is 4.79 Å². The van der Waals surface area contributed by atoms with Gasteiger partial charge in [0.25, 0.3) is 5.89 Å². The van der Waals surface area contributed by atoms with Gasteiger partial charge in [-0.3, -0.25) is 9.69 Å². The molecule has 214 valence electrons. The van der Waals surface area contributed by atoms with Crippen molar-refractivity contribution in [2.45, 2.75) is 97.3 Å². The van der Waals surface area contributed by atoms with E-state index in [1.54, 1.807) is 18.2 Å². The van der Waals surface area contributed by atoms with Gasteiger partial charge in [-0.2, -0.15) is 4.98 Å². The molecule has 0 radical (unpaired) electrons. The van der Waals surface area contributed by atoms with Crippen LogP contribution in [-0.2, 0) is 22.6 Å². The first-order valence-corrected chi connectivity index (χ1v) is 14.4. The van der Waals surface area contributed by atoms with Crippen molar-refractivity contribution in [1.82, 2.24) is 10.1 Å². The number of aliphatic carboxylic acids is 1. The van der Waals surface area contributed by atoms with Gasteiger partial charge in [-0.05, 0) is 36.2 Å². The molecule has 1 aromatic heterocycles. The number of ether oxygens (including phenoxy) is 2. The quantitative estimate of drug-likeness (QED) is 0.160. The van der Waals surface area contributed by atoms with E-state index in [-0.39, 0.29) is 6.54 Å². The summed E-state index contributed by atoms with van der Waals surface area (Å²) in [6, 6.07) is 12.3. The van der Waals surface area contributed by atoms with E-state index in [1.165, 1.54) is 56.3 Å². The number of benzene rings is 2. The molecule has 1 aliphatic rings. The number of carboxylic acids is 1. The maximum absolute atomic E-state index is 12.6. The van der Waals surface area contributed by atoms with Crippen LogP contribution in [0.3, 0.4) is 0 Å². The Kier molecular flexibility index (Phi) is 10.5. The highest BCUT2D eigenvalue weighted by molar-refractivity contribution is 6.37. The van der Waals surface area contributed by atoms with Crippen molar-refractivity contribution in [3.8, 4) is 23.0 Å². The number of carboxylic acid groups (broad SMARTS) is 1. The average Bonchev–Trinajstić information content (AvgIpc) is 3.61. The van der Waals surface area contributed by atoms with Crippen molar-refractivity contribution >= 4 is 17.6 Å². The summed E-state index contributed by atoms with van der Waals surface area (Å²) in [5, 5.41) is 13.6. The van der Waals surface area contributed by atoms with Crippen LogP contribution in [0.1, 0.15) is 89.4 Å². The zero-order chi connectivity index (χ0) is 28.3. The van der Waals surface area contributed by atoms with Crippen molar-refractivity contribution in [2.24, 2.45) is 0 Å². The molecule has 0 saturated carbocycles. The second kappa shape index (κ2) is 14.5. The van der Waals surface area contributed by atoms with E-state index < -0.39 is 18.2 Å². The molecule has 2 heterocycles. The summed E-state index contributed by atoms with van der Waals surface area (Å²) in [7, 11) is 0. The number of aromatic nitrogens is 2. The van der Waals surface area contributed by atoms with Crippen LogP contribution in [0.2, 0.25) is 0 Å². The summed E-state index contributed by atoms with van der Waals surface area (Å²) >= 11 is 0. The highest BCUT2D eigenvalue weighted by atomic mass is 16.7. The lowest BCUT2D eigenvalue weighted by Crippen LogP contribution is -2.36. The molecule has 2 aromatic carbocycles. The SMILES string of the molecule is CCCCCCCCCCCc1noc(-c2ccc(CN(C(=O)C(=O)O)c3ccc4c(c3)OC(CC)O4)cc2)n1. The monoisotopic (exact) mass is 549 g/mol. The first-order chi connectivity index (χ1) is 19.5. The second-order valence-electron chi connectivity index (χ2n) is 10.2. The predicted molar refractivity (Wildman–Crippen MR) is 151 cm³/mol. The lowest BCUT2D eigenvalue weighted by atomic mass is 10.1. The Bertz CT molecular complexity index is 1260. The molecule has 1 N–H and O–H groups in total. The van der Waals surface area contributed by atoms with Crippen molar-refractivity contribution < 1.29 is 28.7 Å². The number of aryl methyl sites for hydroxylation is 1. The summed E-state index contributed by atoms with van der Waals surface area (Å²) in [5.41, 5.74) is 1.92. The number of amides is 1. The van der Waals surface area contributed by atoms with Crippen molar-refractivity contribution in [3.05, 3.63) is 53.9 Å². The molecule has 0 bridgehead atoms. The maximum Gasteiger partial charge on any atom is 0.394 e. The Morgan fingerprint density at radius 3 is 2.23 bits per heavy atom. The summed E-state index contributed by atoms with van der Waals surface area (Å²) in [5.74, 6) is -0.374. The molecule has 9 nitrogen and oxygen atoms in total. The molecular formula is C31H39N3O6. The average molecular weight is 550 g/mol. The van der Waals surface area contributed by atoms with E-state index in [2.05, 4.69) is 17.1 Å². The number of anilines is 1. The Morgan fingerprint density at radius 2 is 1.55 bits per heavy atom. The molecule has 40 heavy (non-hydrogen) atoms. The van der Waals surface area contributed by atoms with Crippen LogP contribution < -0.4 is 14.4 Å². The van der Waals surface area contributed by atoms with Crippen molar-refractivity contribution in [2.75, 3.05) is 4.90 Å². The van der Waals surface area contributed by atoms with Gasteiger partial charge in [0.2, 0.25) is 6.29 Å². The molecule has 1 amide bonds. The Balaban J connectivity index is 1.32. The number of carbonyl (C=O) groups excluding carboxylic acids is 1. The number of nitrogens with zero attached hydrogens (tertiary/aromatic N) is 3. The van der Waals surface area contributed by atoms with Crippen LogP contribution in [0.15, 0.2) is 47.0 Å². The number of hydrogen-bond donors (Lipinski definition) is 1. The topological polar surface area (TPSA) is 115 Å². The first-order valence-electron chi connectivity index (χ1n) is 14.4. The minimum absolute atomic E-state index is 0.0654. The summed E-state index contributed by atoms with van der Waals surface area (Å²) in [4.78, 5) is 29.9. The van der Waals surface area contributed by atoms with Gasteiger partial charge in [-0.15, -0.1) is 0 Å². The molecule has 1 aliphatic heterocycles. The third-order valence-electron chi connectivity index (χ3n) is 7.03. The van der Waals surface area contributed by atoms with Gasteiger partial charge in [0.1, 0.15) is 0 Å². The van der Waals surface area contributed by atoms with Gasteiger partial charge in [0, 0.05) is 30.2 Å². The van der Waals surface area contributed by atoms with E-state index in [4.69, 9.17) is 14.0 Å². The Morgan fingerprint density at radius 1 is 0.875 bits per heavy atom. The number of fused-ring (bicyclic) bond motifs is 1. The maximum atomic E-state index is 12.6. The van der Waals surface area contributed by atoms with E-state index in [0.717, 1.165) is 24.0 Å². The molecule has 0 spiro atoms. The fraction of sp³-hybridized carbons (Fsp3) is 0.484. The van der Waals surface area contributed by atoms with Crippen LogP contribution in [0.25, 0.3) is 11.5 Å².